The zero-order chi connectivity index (χ0) is 10.7. The van der Waals surface area contributed by atoms with Gasteiger partial charge in [0.05, 0.1) is 12.2 Å². The number of aliphatic hydroxyl groups is 2. The summed E-state index contributed by atoms with van der Waals surface area (Å²) in [7, 11) is 0. The fraction of sp³-hybridized carbons (Fsp3) is 1.00. The van der Waals surface area contributed by atoms with Crippen LogP contribution in [-0.4, -0.2) is 22.4 Å². The number of rotatable bonds is 3. The summed E-state index contributed by atoms with van der Waals surface area (Å²) >= 11 is 0. The molecule has 0 aromatic carbocycles. The molecule has 0 spiro atoms. The average Bonchev–Trinajstić information content (AvgIpc) is 2.82. The molecule has 2 nitrogen and oxygen atoms in total. The fourth-order valence-electron chi connectivity index (χ4n) is 3.33. The number of hydrogen-bond acceptors (Lipinski definition) is 2. The van der Waals surface area contributed by atoms with Gasteiger partial charge in [0.2, 0.25) is 0 Å². The van der Waals surface area contributed by atoms with Crippen molar-refractivity contribution in [3.63, 3.8) is 0 Å². The first-order valence-corrected chi connectivity index (χ1v) is 6.65. The SMILES string of the molecule is OC(C1CCCCC1)C(O)C1CCCC1. The normalized spacial score (nSPS) is 29.2. The van der Waals surface area contributed by atoms with Gasteiger partial charge in [-0.15, -0.1) is 0 Å². The van der Waals surface area contributed by atoms with Crippen LogP contribution < -0.4 is 0 Å². The van der Waals surface area contributed by atoms with Gasteiger partial charge in [-0.2, -0.15) is 0 Å². The highest BCUT2D eigenvalue weighted by Crippen LogP contribution is 2.34. The Labute approximate surface area is 92.7 Å². The lowest BCUT2D eigenvalue weighted by Crippen LogP contribution is -2.38. The van der Waals surface area contributed by atoms with Crippen LogP contribution in [0.2, 0.25) is 0 Å². The molecule has 2 aliphatic carbocycles. The van der Waals surface area contributed by atoms with E-state index in [2.05, 4.69) is 0 Å². The van der Waals surface area contributed by atoms with E-state index in [9.17, 15) is 10.2 Å². The van der Waals surface area contributed by atoms with Gasteiger partial charge in [0.15, 0.2) is 0 Å². The maximum Gasteiger partial charge on any atom is 0.0829 e. The van der Waals surface area contributed by atoms with Crippen LogP contribution in [0.4, 0.5) is 0 Å². The molecule has 0 saturated heterocycles. The van der Waals surface area contributed by atoms with Crippen molar-refractivity contribution in [3.8, 4) is 0 Å². The van der Waals surface area contributed by atoms with E-state index in [1.807, 2.05) is 0 Å². The lowest BCUT2D eigenvalue weighted by molar-refractivity contribution is -0.0539. The van der Waals surface area contributed by atoms with E-state index in [0.717, 1.165) is 25.7 Å². The summed E-state index contributed by atoms with van der Waals surface area (Å²) in [5, 5.41) is 20.3. The first-order valence-electron chi connectivity index (χ1n) is 6.65. The second-order valence-corrected chi connectivity index (χ2v) is 5.42. The van der Waals surface area contributed by atoms with Crippen molar-refractivity contribution < 1.29 is 10.2 Å². The third-order valence-electron chi connectivity index (χ3n) is 4.37. The van der Waals surface area contributed by atoms with E-state index in [1.54, 1.807) is 0 Å². The number of hydrogen-bond donors (Lipinski definition) is 2. The molecule has 2 saturated carbocycles. The van der Waals surface area contributed by atoms with Crippen LogP contribution in [0, 0.1) is 11.8 Å². The smallest absolute Gasteiger partial charge is 0.0829 e. The molecular weight excluding hydrogens is 188 g/mol. The molecular formula is C13H24O2. The Morgan fingerprint density at radius 2 is 0.933 bits per heavy atom. The number of aliphatic hydroxyl groups excluding tert-OH is 2. The Kier molecular flexibility index (Phi) is 4.04. The summed E-state index contributed by atoms with van der Waals surface area (Å²) in [4.78, 5) is 0. The topological polar surface area (TPSA) is 40.5 Å². The molecule has 0 aliphatic heterocycles. The van der Waals surface area contributed by atoms with Crippen molar-refractivity contribution in [2.75, 3.05) is 0 Å². The predicted molar refractivity (Wildman–Crippen MR) is 60.5 cm³/mol. The molecule has 2 atom stereocenters. The van der Waals surface area contributed by atoms with Crippen LogP contribution in [0.15, 0.2) is 0 Å². The quantitative estimate of drug-likeness (QED) is 0.754. The van der Waals surface area contributed by atoms with Crippen LogP contribution in [0.1, 0.15) is 57.8 Å². The third-order valence-corrected chi connectivity index (χ3v) is 4.37. The minimum absolute atomic E-state index is 0.370. The van der Waals surface area contributed by atoms with E-state index >= 15 is 0 Å². The molecule has 88 valence electrons. The summed E-state index contributed by atoms with van der Waals surface area (Å²) in [6.45, 7) is 0. The molecule has 2 rings (SSSR count). The van der Waals surface area contributed by atoms with Crippen LogP contribution >= 0.6 is 0 Å². The molecule has 0 amide bonds. The molecule has 2 fully saturated rings. The van der Waals surface area contributed by atoms with Gasteiger partial charge in [-0.05, 0) is 37.5 Å². The van der Waals surface area contributed by atoms with Crippen molar-refractivity contribution in [1.82, 2.24) is 0 Å². The Morgan fingerprint density at radius 1 is 0.600 bits per heavy atom. The molecule has 2 heteroatoms. The van der Waals surface area contributed by atoms with E-state index in [0.29, 0.717) is 11.8 Å². The molecule has 2 aliphatic rings. The Morgan fingerprint density at radius 3 is 1.33 bits per heavy atom. The Balaban J connectivity index is 1.84. The van der Waals surface area contributed by atoms with Gasteiger partial charge in [0, 0.05) is 0 Å². The molecule has 2 unspecified atom stereocenters. The predicted octanol–water partition coefficient (Wildman–Crippen LogP) is 2.48. The first-order chi connectivity index (χ1) is 7.29. The largest absolute Gasteiger partial charge is 0.390 e. The summed E-state index contributed by atoms with van der Waals surface area (Å²) in [5.41, 5.74) is 0. The minimum atomic E-state index is -0.451. The lowest BCUT2D eigenvalue weighted by atomic mass is 9.80. The van der Waals surface area contributed by atoms with Gasteiger partial charge in [0.1, 0.15) is 0 Å². The maximum absolute atomic E-state index is 10.2. The third kappa shape index (κ3) is 2.73. The molecule has 2 N–H and O–H groups in total. The molecule has 0 aromatic rings. The fourth-order valence-corrected chi connectivity index (χ4v) is 3.33. The van der Waals surface area contributed by atoms with Crippen molar-refractivity contribution in [1.29, 1.82) is 0 Å². The molecule has 0 radical (unpaired) electrons. The van der Waals surface area contributed by atoms with Crippen molar-refractivity contribution in [2.24, 2.45) is 11.8 Å². The summed E-state index contributed by atoms with van der Waals surface area (Å²) < 4.78 is 0. The summed E-state index contributed by atoms with van der Waals surface area (Å²) in [5.74, 6) is 0.747. The molecule has 0 heterocycles. The van der Waals surface area contributed by atoms with Crippen molar-refractivity contribution in [3.05, 3.63) is 0 Å². The van der Waals surface area contributed by atoms with Crippen LogP contribution in [0.5, 0.6) is 0 Å². The van der Waals surface area contributed by atoms with Gasteiger partial charge < -0.3 is 10.2 Å². The molecule has 0 bridgehead atoms. The highest BCUT2D eigenvalue weighted by Gasteiger charge is 2.33. The summed E-state index contributed by atoms with van der Waals surface area (Å²) in [6.07, 6.45) is 9.81. The van der Waals surface area contributed by atoms with Crippen molar-refractivity contribution >= 4 is 0 Å². The highest BCUT2D eigenvalue weighted by molar-refractivity contribution is 4.85. The second kappa shape index (κ2) is 5.31. The molecule has 0 aromatic heterocycles. The monoisotopic (exact) mass is 212 g/mol. The van der Waals surface area contributed by atoms with Gasteiger partial charge in [-0.25, -0.2) is 0 Å². The average molecular weight is 212 g/mol. The van der Waals surface area contributed by atoms with E-state index in [1.165, 1.54) is 32.1 Å². The molecule has 15 heavy (non-hydrogen) atoms. The van der Waals surface area contributed by atoms with E-state index in [4.69, 9.17) is 0 Å². The van der Waals surface area contributed by atoms with Crippen LogP contribution in [0.25, 0.3) is 0 Å². The van der Waals surface area contributed by atoms with E-state index < -0.39 is 12.2 Å². The Bertz CT molecular complexity index is 181. The van der Waals surface area contributed by atoms with Crippen molar-refractivity contribution in [2.45, 2.75) is 70.0 Å². The van der Waals surface area contributed by atoms with Gasteiger partial charge in [-0.1, -0.05) is 32.1 Å². The second-order valence-electron chi connectivity index (χ2n) is 5.42. The minimum Gasteiger partial charge on any atom is -0.390 e. The van der Waals surface area contributed by atoms with Gasteiger partial charge >= 0.3 is 0 Å². The first kappa shape index (κ1) is 11.4. The highest BCUT2D eigenvalue weighted by atomic mass is 16.3. The zero-order valence-corrected chi connectivity index (χ0v) is 9.57. The standard InChI is InChI=1S/C13H24O2/c14-12(10-6-2-1-3-7-10)13(15)11-8-4-5-9-11/h10-15H,1-9H2. The van der Waals surface area contributed by atoms with E-state index in [-0.39, 0.29) is 0 Å². The van der Waals surface area contributed by atoms with Crippen LogP contribution in [-0.2, 0) is 0 Å². The summed E-state index contributed by atoms with van der Waals surface area (Å²) in [6, 6.07) is 0. The van der Waals surface area contributed by atoms with Gasteiger partial charge in [-0.3, -0.25) is 0 Å². The lowest BCUT2D eigenvalue weighted by Gasteiger charge is -2.32. The van der Waals surface area contributed by atoms with Gasteiger partial charge in [0.25, 0.3) is 0 Å². The van der Waals surface area contributed by atoms with Crippen LogP contribution in [0.3, 0.4) is 0 Å². The zero-order valence-electron chi connectivity index (χ0n) is 9.57. The maximum atomic E-state index is 10.2. The Hall–Kier alpha value is -0.0800.